The van der Waals surface area contributed by atoms with E-state index >= 15 is 0 Å². The van der Waals surface area contributed by atoms with E-state index in [4.69, 9.17) is 14.2 Å². The van der Waals surface area contributed by atoms with E-state index in [1.54, 1.807) is 70.7 Å². The van der Waals surface area contributed by atoms with Crippen molar-refractivity contribution in [3.8, 4) is 50.6 Å². The summed E-state index contributed by atoms with van der Waals surface area (Å²) in [7, 11) is 3.81. The van der Waals surface area contributed by atoms with Crippen molar-refractivity contribution in [2.45, 2.75) is 79.6 Å². The Hall–Kier alpha value is -10.7. The third-order valence-electron chi connectivity index (χ3n) is 16.5. The number of nitrogens with zero attached hydrogens (tertiary/aromatic N) is 12. The highest BCUT2D eigenvalue weighted by Gasteiger charge is 2.26. The van der Waals surface area contributed by atoms with Gasteiger partial charge in [-0.2, -0.15) is 0 Å². The first-order valence-corrected chi connectivity index (χ1v) is 30.3. The normalized spacial score (nSPS) is 12.9. The fourth-order valence-corrected chi connectivity index (χ4v) is 12.1. The molecule has 0 saturated heterocycles. The Morgan fingerprint density at radius 3 is 1.38 bits per heavy atom. The first-order chi connectivity index (χ1) is 45.4. The molecule has 18 nitrogen and oxygen atoms in total. The molecule has 94 heavy (non-hydrogen) atoms. The third-order valence-corrected chi connectivity index (χ3v) is 16.5. The number of anilines is 3. The largest absolute Gasteiger partial charge is 0.493 e. The molecule has 4 aromatic carbocycles. The number of alkyl halides is 2. The Bertz CT molecular complexity index is 4880. The molecule has 15 rings (SSSR count). The number of ether oxygens (including phenoxy) is 3. The second kappa shape index (κ2) is 26.1. The standard InChI is InChI=1S/C25H25F2N5O.C22H18F3N5O.C22H19F2N5O/c1-15-13-32-24(30-15)19(16-4-5-17(14-31(2)3)22(27)10-16)11-28-25(32)29-12-20-18-8-9-33-23(18)7-6-21(20)26;1-12-11-30-21(29-12)16(14-3-2-7-26-19(14)20(24)25)10-28-22(30)27-9-15-13-6-8-31-18(13)5-4-17(15)23;1-12-11-29-21(28-12)18(16-7-14(23)8-25-13(16)2)10-27-22(29)26-9-17-15-5-6-30-20(15)4-3-19(17)24/h4-7,10-11,13H,8-9,12,14H2,1-3H3,(H,28,29);2-5,7,10-11,20H,6,8-9H2,1H3,(H,27,28);3-4,7-8,10-11H,5-6,9H2,1-2H3,(H,26,27). The molecule has 0 aliphatic carbocycles. The molecule has 0 amide bonds. The Morgan fingerprint density at radius 1 is 0.489 bits per heavy atom. The molecule has 0 spiro atoms. The van der Waals surface area contributed by atoms with Crippen LogP contribution in [0.4, 0.5) is 48.6 Å². The highest BCUT2D eigenvalue weighted by atomic mass is 19.3. The topological polar surface area (TPSA) is 183 Å². The van der Waals surface area contributed by atoms with E-state index in [-0.39, 0.29) is 54.2 Å². The maximum absolute atomic E-state index is 14.7. The molecule has 0 atom stereocenters. The van der Waals surface area contributed by atoms with Crippen LogP contribution in [0.3, 0.4) is 0 Å². The van der Waals surface area contributed by atoms with Crippen molar-refractivity contribution in [3.63, 3.8) is 0 Å². The van der Waals surface area contributed by atoms with E-state index < -0.39 is 12.2 Å². The van der Waals surface area contributed by atoms with Crippen LogP contribution in [-0.2, 0) is 45.4 Å². The number of aryl methyl sites for hydroxylation is 4. The molecule has 0 unspecified atom stereocenters. The zero-order chi connectivity index (χ0) is 65.5. The van der Waals surface area contributed by atoms with Crippen LogP contribution in [-0.4, -0.2) is 91.9 Å². The van der Waals surface area contributed by atoms with Crippen molar-refractivity contribution >= 4 is 34.8 Å². The predicted molar refractivity (Wildman–Crippen MR) is 341 cm³/mol. The van der Waals surface area contributed by atoms with Crippen LogP contribution < -0.4 is 30.2 Å². The molecule has 480 valence electrons. The minimum absolute atomic E-state index is 0.201. The first kappa shape index (κ1) is 62.1. The monoisotopic (exact) mass is 1280 g/mol. The Labute approximate surface area is 534 Å². The molecule has 12 aromatic rings. The second-order valence-electron chi connectivity index (χ2n) is 23.1. The third kappa shape index (κ3) is 12.4. The molecular formula is C69H62F7N15O3. The maximum Gasteiger partial charge on any atom is 0.280 e. The van der Waals surface area contributed by atoms with Crippen molar-refractivity contribution in [3.05, 3.63) is 219 Å². The molecule has 3 aliphatic heterocycles. The number of benzene rings is 4. The van der Waals surface area contributed by atoms with Gasteiger partial charge >= 0.3 is 0 Å². The molecule has 11 heterocycles. The van der Waals surface area contributed by atoms with Gasteiger partial charge in [0.15, 0.2) is 0 Å². The van der Waals surface area contributed by atoms with Crippen molar-refractivity contribution in [2.75, 3.05) is 49.9 Å². The van der Waals surface area contributed by atoms with Crippen LogP contribution in [0.25, 0.3) is 50.3 Å². The van der Waals surface area contributed by atoms with E-state index in [1.807, 2.05) is 62.6 Å². The summed E-state index contributed by atoms with van der Waals surface area (Å²) in [5.74, 6) is 2.10. The Morgan fingerprint density at radius 2 is 0.936 bits per heavy atom. The number of nitrogens with one attached hydrogen (secondary N) is 3. The van der Waals surface area contributed by atoms with Crippen molar-refractivity contribution in [1.29, 1.82) is 0 Å². The van der Waals surface area contributed by atoms with Gasteiger partial charge in [0.05, 0.1) is 43.1 Å². The summed E-state index contributed by atoms with van der Waals surface area (Å²) in [4.78, 5) is 37.1. The summed E-state index contributed by atoms with van der Waals surface area (Å²) < 4.78 is 121. The SMILES string of the molecule is Cc1cn2c(NCc3c(F)ccc4c3CCO4)ncc(-c3cc(F)cnc3C)c2n1.Cc1cn2c(NCc3c(F)ccc4c3CCO4)ncc(-c3ccc(CN(C)C)c(F)c3)c2n1.Cc1cn2c(NCc3c(F)ccc4c3CCO4)ncc(-c3cccnc3C(F)F)c2n1. The number of fused-ring (bicyclic) bond motifs is 6. The minimum Gasteiger partial charge on any atom is -0.493 e. The number of aromatic nitrogens is 11. The molecule has 0 radical (unpaired) electrons. The lowest BCUT2D eigenvalue weighted by Crippen LogP contribution is -2.12. The van der Waals surface area contributed by atoms with Crippen LogP contribution in [0.1, 0.15) is 73.8 Å². The van der Waals surface area contributed by atoms with E-state index in [0.29, 0.717) is 142 Å². The van der Waals surface area contributed by atoms with Gasteiger partial charge in [-0.25, -0.2) is 60.6 Å². The highest BCUT2D eigenvalue weighted by Crippen LogP contribution is 2.37. The molecule has 25 heteroatoms. The summed E-state index contributed by atoms with van der Waals surface area (Å²) in [6.07, 6.45) is 12.1. The van der Waals surface area contributed by atoms with Crippen LogP contribution in [0, 0.1) is 56.8 Å². The molecule has 0 saturated carbocycles. The van der Waals surface area contributed by atoms with Crippen molar-refractivity contribution in [1.82, 2.24) is 58.0 Å². The van der Waals surface area contributed by atoms with Crippen molar-refractivity contribution < 1.29 is 44.9 Å². The van der Waals surface area contributed by atoms with Gasteiger partial charge in [0.25, 0.3) is 6.43 Å². The van der Waals surface area contributed by atoms with Gasteiger partial charge in [0.2, 0.25) is 17.8 Å². The number of hydrogen-bond acceptors (Lipinski definition) is 15. The number of pyridine rings is 2. The number of halogens is 7. The van der Waals surface area contributed by atoms with Crippen LogP contribution in [0.15, 0.2) is 122 Å². The van der Waals surface area contributed by atoms with Crippen LogP contribution >= 0.6 is 0 Å². The lowest BCUT2D eigenvalue weighted by molar-refractivity contribution is 0.147. The van der Waals surface area contributed by atoms with Gasteiger partial charge in [-0.1, -0.05) is 18.2 Å². The maximum atomic E-state index is 14.7. The quantitative estimate of drug-likeness (QED) is 0.0824. The van der Waals surface area contributed by atoms with E-state index in [2.05, 4.69) is 55.8 Å². The Balaban J connectivity index is 0.000000128. The van der Waals surface area contributed by atoms with Gasteiger partial charge in [-0.3, -0.25) is 23.2 Å². The first-order valence-electron chi connectivity index (χ1n) is 30.3. The Kier molecular flexibility index (Phi) is 17.3. The molecule has 3 N–H and O–H groups in total. The summed E-state index contributed by atoms with van der Waals surface area (Å²) in [5, 5.41) is 9.62. The summed E-state index contributed by atoms with van der Waals surface area (Å²) in [6, 6.07) is 19.0. The zero-order valence-corrected chi connectivity index (χ0v) is 51.9. The fraction of sp³-hybridized carbons (Fsp3) is 0.246. The van der Waals surface area contributed by atoms with E-state index in [9.17, 15) is 30.7 Å². The average molecular weight is 1280 g/mol. The molecule has 8 aromatic heterocycles. The predicted octanol–water partition coefficient (Wildman–Crippen LogP) is 13.5. The van der Waals surface area contributed by atoms with Gasteiger partial charge in [0, 0.05) is 161 Å². The molecule has 0 bridgehead atoms. The van der Waals surface area contributed by atoms with Crippen molar-refractivity contribution in [2.24, 2.45) is 0 Å². The molecule has 3 aliphatic rings. The lowest BCUT2D eigenvalue weighted by Gasteiger charge is -2.14. The highest BCUT2D eigenvalue weighted by molar-refractivity contribution is 5.81. The average Bonchev–Trinajstić information content (AvgIpc) is 1.53. The van der Waals surface area contributed by atoms with Gasteiger partial charge in [0.1, 0.15) is 69.0 Å². The number of rotatable bonds is 15. The molecular weight excluding hydrogens is 1220 g/mol. The number of hydrogen-bond donors (Lipinski definition) is 3. The second-order valence-corrected chi connectivity index (χ2v) is 23.1. The number of imidazole rings is 3. The van der Waals surface area contributed by atoms with Gasteiger partial charge in [-0.15, -0.1) is 0 Å². The van der Waals surface area contributed by atoms with Gasteiger partial charge < -0.3 is 35.1 Å². The summed E-state index contributed by atoms with van der Waals surface area (Å²) in [6.45, 7) is 10.3. The van der Waals surface area contributed by atoms with Gasteiger partial charge in [-0.05, 0) is 102 Å². The van der Waals surface area contributed by atoms with E-state index in [0.717, 1.165) is 45.1 Å². The lowest BCUT2D eigenvalue weighted by atomic mass is 10.0. The van der Waals surface area contributed by atoms with E-state index in [1.165, 1.54) is 48.9 Å². The smallest absolute Gasteiger partial charge is 0.280 e. The minimum atomic E-state index is -2.73. The fourth-order valence-electron chi connectivity index (χ4n) is 12.1. The summed E-state index contributed by atoms with van der Waals surface area (Å²) >= 11 is 0. The van der Waals surface area contributed by atoms with Crippen LogP contribution in [0.2, 0.25) is 0 Å². The molecule has 0 fully saturated rings. The summed E-state index contributed by atoms with van der Waals surface area (Å²) in [5.41, 5.74) is 12.8. The zero-order valence-electron chi connectivity index (χ0n) is 51.9. The van der Waals surface area contributed by atoms with Crippen LogP contribution in [0.5, 0.6) is 17.2 Å².